The first-order valence-electron chi connectivity index (χ1n) is 4.51. The summed E-state index contributed by atoms with van der Waals surface area (Å²) in [5, 5.41) is 11.9. The van der Waals surface area contributed by atoms with Crippen LogP contribution in [0.25, 0.3) is 0 Å². The number of anilines is 1. The van der Waals surface area contributed by atoms with Crippen molar-refractivity contribution in [3.05, 3.63) is 18.2 Å². The van der Waals surface area contributed by atoms with Crippen LogP contribution in [0.3, 0.4) is 0 Å². The van der Waals surface area contributed by atoms with E-state index in [1.165, 1.54) is 11.8 Å². The molecule has 1 heterocycles. The van der Waals surface area contributed by atoms with Crippen LogP contribution in [0.1, 0.15) is 0 Å². The van der Waals surface area contributed by atoms with Gasteiger partial charge in [-0.1, -0.05) is 6.07 Å². The minimum absolute atomic E-state index is 0.537. The van der Waals surface area contributed by atoms with Crippen LogP contribution in [0, 0.1) is 0 Å². The van der Waals surface area contributed by atoms with Gasteiger partial charge in [-0.15, -0.1) is 11.8 Å². The van der Waals surface area contributed by atoms with Gasteiger partial charge in [-0.2, -0.15) is 0 Å². The predicted molar refractivity (Wildman–Crippen MR) is 58.8 cm³/mol. The number of aliphatic carboxylic acids is 1. The Morgan fingerprint density at radius 2 is 2.47 bits per heavy atom. The van der Waals surface area contributed by atoms with Crippen LogP contribution < -0.4 is 10.1 Å². The van der Waals surface area contributed by atoms with Gasteiger partial charge in [0.2, 0.25) is 0 Å². The molecule has 0 bridgehead atoms. The van der Waals surface area contributed by atoms with Crippen LogP contribution in [-0.4, -0.2) is 30.0 Å². The smallest absolute Gasteiger partial charge is 0.327 e. The van der Waals surface area contributed by atoms with E-state index in [4.69, 9.17) is 9.84 Å². The van der Waals surface area contributed by atoms with Crippen molar-refractivity contribution in [1.29, 1.82) is 0 Å². The number of methoxy groups -OCH3 is 1. The van der Waals surface area contributed by atoms with Crippen molar-refractivity contribution in [2.45, 2.75) is 10.9 Å². The molecule has 4 nitrogen and oxygen atoms in total. The van der Waals surface area contributed by atoms with Crippen LogP contribution in [-0.2, 0) is 4.79 Å². The number of thioether (sulfide) groups is 1. The van der Waals surface area contributed by atoms with Gasteiger partial charge in [0, 0.05) is 10.6 Å². The largest absolute Gasteiger partial charge is 0.495 e. The van der Waals surface area contributed by atoms with E-state index in [0.29, 0.717) is 11.5 Å². The van der Waals surface area contributed by atoms with Crippen molar-refractivity contribution in [1.82, 2.24) is 0 Å². The van der Waals surface area contributed by atoms with Crippen molar-refractivity contribution < 1.29 is 14.6 Å². The molecule has 0 fully saturated rings. The van der Waals surface area contributed by atoms with Crippen LogP contribution in [0.4, 0.5) is 5.69 Å². The summed E-state index contributed by atoms with van der Waals surface area (Å²) >= 11 is 1.53. The molecule has 1 aliphatic heterocycles. The molecule has 1 aromatic carbocycles. The lowest BCUT2D eigenvalue weighted by atomic mass is 10.2. The molecule has 80 valence electrons. The Hall–Kier alpha value is -1.36. The molecule has 0 saturated heterocycles. The van der Waals surface area contributed by atoms with Crippen molar-refractivity contribution in [3.8, 4) is 5.75 Å². The second-order valence-electron chi connectivity index (χ2n) is 3.18. The van der Waals surface area contributed by atoms with E-state index in [0.717, 1.165) is 10.6 Å². The molecular weight excluding hydrogens is 214 g/mol. The first-order chi connectivity index (χ1) is 7.22. The molecule has 5 heteroatoms. The summed E-state index contributed by atoms with van der Waals surface area (Å²) in [6, 6.07) is 5.12. The fraction of sp³-hybridized carbons (Fsp3) is 0.300. The fourth-order valence-corrected chi connectivity index (χ4v) is 2.52. The van der Waals surface area contributed by atoms with E-state index in [-0.39, 0.29) is 0 Å². The number of rotatable bonds is 2. The molecule has 0 saturated carbocycles. The lowest BCUT2D eigenvalue weighted by molar-refractivity contribution is -0.137. The zero-order chi connectivity index (χ0) is 10.8. The highest BCUT2D eigenvalue weighted by atomic mass is 32.2. The van der Waals surface area contributed by atoms with Gasteiger partial charge in [0.25, 0.3) is 0 Å². The van der Waals surface area contributed by atoms with E-state index < -0.39 is 12.0 Å². The molecule has 0 aromatic heterocycles. The summed E-state index contributed by atoms with van der Waals surface area (Å²) in [6.45, 7) is 0. The quantitative estimate of drug-likeness (QED) is 0.801. The molecule has 0 radical (unpaired) electrons. The van der Waals surface area contributed by atoms with Crippen molar-refractivity contribution in [2.24, 2.45) is 0 Å². The molecule has 1 aromatic rings. The third kappa shape index (κ3) is 1.87. The SMILES string of the molecule is COc1cccc2c1NC(C(=O)O)CS2. The summed E-state index contributed by atoms with van der Waals surface area (Å²) in [6.07, 6.45) is 0. The topological polar surface area (TPSA) is 58.6 Å². The lowest BCUT2D eigenvalue weighted by Crippen LogP contribution is -2.34. The average molecular weight is 225 g/mol. The number of hydrogen-bond donors (Lipinski definition) is 2. The van der Waals surface area contributed by atoms with E-state index >= 15 is 0 Å². The van der Waals surface area contributed by atoms with Crippen LogP contribution >= 0.6 is 11.8 Å². The highest BCUT2D eigenvalue weighted by molar-refractivity contribution is 7.99. The van der Waals surface area contributed by atoms with Gasteiger partial charge in [0.15, 0.2) is 0 Å². The molecule has 2 rings (SSSR count). The maximum atomic E-state index is 10.8. The molecule has 2 N–H and O–H groups in total. The second-order valence-corrected chi connectivity index (χ2v) is 4.24. The Morgan fingerprint density at radius 1 is 1.67 bits per heavy atom. The molecule has 1 atom stereocenters. The second kappa shape index (κ2) is 4.02. The molecule has 1 aliphatic rings. The van der Waals surface area contributed by atoms with Crippen LogP contribution in [0.15, 0.2) is 23.1 Å². The van der Waals surface area contributed by atoms with Gasteiger partial charge in [-0.05, 0) is 12.1 Å². The van der Waals surface area contributed by atoms with E-state index in [9.17, 15) is 4.79 Å². The number of fused-ring (bicyclic) bond motifs is 1. The van der Waals surface area contributed by atoms with Gasteiger partial charge >= 0.3 is 5.97 Å². The number of carbonyl (C=O) groups is 1. The molecule has 0 aliphatic carbocycles. The number of benzene rings is 1. The maximum Gasteiger partial charge on any atom is 0.327 e. The zero-order valence-corrected chi connectivity index (χ0v) is 9.00. The molecule has 0 spiro atoms. The molecule has 15 heavy (non-hydrogen) atoms. The normalized spacial score (nSPS) is 18.9. The first kappa shape index (κ1) is 10.2. The summed E-state index contributed by atoms with van der Waals surface area (Å²) in [7, 11) is 1.58. The van der Waals surface area contributed by atoms with Gasteiger partial charge in [-0.3, -0.25) is 0 Å². The summed E-state index contributed by atoms with van der Waals surface area (Å²) in [5.74, 6) is 0.389. The molecular formula is C10H11NO3S. The van der Waals surface area contributed by atoms with Gasteiger partial charge in [0.05, 0.1) is 12.8 Å². The third-order valence-electron chi connectivity index (χ3n) is 2.23. The maximum absolute atomic E-state index is 10.8. The third-order valence-corrected chi connectivity index (χ3v) is 3.38. The predicted octanol–water partition coefficient (Wildman–Crippen LogP) is 1.67. The Kier molecular flexibility index (Phi) is 2.73. The Balaban J connectivity index is 2.34. The average Bonchev–Trinajstić information content (AvgIpc) is 2.27. The molecule has 0 amide bonds. The van der Waals surface area contributed by atoms with Crippen molar-refractivity contribution in [2.75, 3.05) is 18.2 Å². The lowest BCUT2D eigenvalue weighted by Gasteiger charge is -2.24. The zero-order valence-electron chi connectivity index (χ0n) is 8.19. The number of carboxylic acids is 1. The van der Waals surface area contributed by atoms with Gasteiger partial charge < -0.3 is 15.2 Å². The first-order valence-corrected chi connectivity index (χ1v) is 5.50. The minimum atomic E-state index is -0.834. The van der Waals surface area contributed by atoms with E-state index in [1.807, 2.05) is 18.2 Å². The Bertz CT molecular complexity index is 380. The fourth-order valence-electron chi connectivity index (χ4n) is 1.47. The number of hydrogen-bond acceptors (Lipinski definition) is 4. The van der Waals surface area contributed by atoms with Crippen molar-refractivity contribution in [3.63, 3.8) is 0 Å². The van der Waals surface area contributed by atoms with E-state index in [2.05, 4.69) is 5.32 Å². The number of carboxylic acid groups (broad SMARTS) is 1. The Labute approximate surface area is 91.6 Å². The highest BCUT2D eigenvalue weighted by Crippen LogP contribution is 2.39. The standard InChI is InChI=1S/C10H11NO3S/c1-14-7-3-2-4-8-9(7)11-6(5-15-8)10(12)13/h2-4,6,11H,5H2,1H3,(H,12,13). The number of nitrogens with one attached hydrogen (secondary N) is 1. The summed E-state index contributed by atoms with van der Waals surface area (Å²) in [4.78, 5) is 11.9. The Morgan fingerprint density at radius 3 is 3.13 bits per heavy atom. The van der Waals surface area contributed by atoms with Crippen molar-refractivity contribution >= 4 is 23.4 Å². The van der Waals surface area contributed by atoms with Gasteiger partial charge in [0.1, 0.15) is 11.8 Å². The highest BCUT2D eigenvalue weighted by Gasteiger charge is 2.25. The van der Waals surface area contributed by atoms with Crippen LogP contribution in [0.5, 0.6) is 5.75 Å². The van der Waals surface area contributed by atoms with Gasteiger partial charge in [-0.25, -0.2) is 4.79 Å². The minimum Gasteiger partial charge on any atom is -0.495 e. The van der Waals surface area contributed by atoms with E-state index in [1.54, 1.807) is 7.11 Å². The number of ether oxygens (including phenoxy) is 1. The van der Waals surface area contributed by atoms with Crippen LogP contribution in [0.2, 0.25) is 0 Å². The number of para-hydroxylation sites is 1. The monoisotopic (exact) mass is 225 g/mol. The summed E-state index contributed by atoms with van der Waals surface area (Å²) in [5.41, 5.74) is 0.781. The molecule has 1 unspecified atom stereocenters. The summed E-state index contributed by atoms with van der Waals surface area (Å²) < 4.78 is 5.17.